The molecule has 0 aromatic rings. The van der Waals surface area contributed by atoms with Crippen LogP contribution in [0.5, 0.6) is 0 Å². The van der Waals surface area contributed by atoms with Crippen molar-refractivity contribution in [3.8, 4) is 0 Å². The normalized spacial score (nSPS) is 19.4. The number of aliphatic hydroxyl groups is 1. The van der Waals surface area contributed by atoms with Gasteiger partial charge in [0.05, 0.1) is 5.60 Å². The highest BCUT2D eigenvalue weighted by molar-refractivity contribution is 5.75. The molecular weight excluding hydrogens is 208 g/mol. The summed E-state index contributed by atoms with van der Waals surface area (Å²) in [6, 6.07) is 0. The van der Waals surface area contributed by atoms with Crippen molar-refractivity contribution in [2.75, 3.05) is 33.4 Å². The maximum absolute atomic E-state index is 10.9. The van der Waals surface area contributed by atoms with Gasteiger partial charge in [-0.25, -0.2) is 0 Å². The molecule has 1 amide bonds. The number of carbonyl (C=O) groups is 1. The highest BCUT2D eigenvalue weighted by Crippen LogP contribution is 2.18. The van der Waals surface area contributed by atoms with Gasteiger partial charge in [-0.3, -0.25) is 4.79 Å². The van der Waals surface area contributed by atoms with Crippen molar-refractivity contribution in [3.05, 3.63) is 0 Å². The van der Waals surface area contributed by atoms with Crippen LogP contribution in [0, 0.1) is 0 Å². The molecule has 1 heterocycles. The van der Waals surface area contributed by atoms with Gasteiger partial charge in [0.15, 0.2) is 0 Å². The van der Waals surface area contributed by atoms with E-state index in [2.05, 4.69) is 10.6 Å². The summed E-state index contributed by atoms with van der Waals surface area (Å²) < 4.78 is 5.20. The zero-order chi connectivity index (χ0) is 11.9. The highest BCUT2D eigenvalue weighted by atomic mass is 16.5. The van der Waals surface area contributed by atoms with Crippen LogP contribution in [-0.4, -0.2) is 50.0 Å². The fourth-order valence-electron chi connectivity index (χ4n) is 1.75. The summed E-state index contributed by atoms with van der Waals surface area (Å²) in [6.07, 6.45) is 2.71. The number of carbonyl (C=O) groups excluding carboxylic acids is 1. The third-order valence-electron chi connectivity index (χ3n) is 2.91. The van der Waals surface area contributed by atoms with Crippen molar-refractivity contribution in [1.29, 1.82) is 0 Å². The predicted octanol–water partition coefficient (Wildman–Crippen LogP) is -0.356. The monoisotopic (exact) mass is 230 g/mol. The van der Waals surface area contributed by atoms with Gasteiger partial charge >= 0.3 is 0 Å². The van der Waals surface area contributed by atoms with E-state index in [-0.39, 0.29) is 5.91 Å². The molecule has 3 N–H and O–H groups in total. The topological polar surface area (TPSA) is 70.6 Å². The Morgan fingerprint density at radius 3 is 2.75 bits per heavy atom. The quantitative estimate of drug-likeness (QED) is 0.545. The molecule has 1 saturated heterocycles. The van der Waals surface area contributed by atoms with E-state index in [0.29, 0.717) is 39.0 Å². The van der Waals surface area contributed by atoms with Gasteiger partial charge in [0, 0.05) is 46.1 Å². The summed E-state index contributed by atoms with van der Waals surface area (Å²) in [5.41, 5.74) is -0.620. The molecule has 0 radical (unpaired) electrons. The van der Waals surface area contributed by atoms with Gasteiger partial charge in [0.2, 0.25) is 5.91 Å². The van der Waals surface area contributed by atoms with Crippen LogP contribution < -0.4 is 10.6 Å². The molecular formula is C11H22N2O3. The molecule has 5 nitrogen and oxygen atoms in total. The SMILES string of the molecule is CNC(=O)CCCNCC1(O)CCOCC1. The van der Waals surface area contributed by atoms with Crippen molar-refractivity contribution in [3.63, 3.8) is 0 Å². The second-order valence-corrected chi connectivity index (χ2v) is 4.29. The largest absolute Gasteiger partial charge is 0.388 e. The molecule has 5 heteroatoms. The number of nitrogens with one attached hydrogen (secondary N) is 2. The molecule has 1 rings (SSSR count). The molecule has 94 valence electrons. The Morgan fingerprint density at radius 1 is 1.44 bits per heavy atom. The van der Waals surface area contributed by atoms with E-state index in [0.717, 1.165) is 13.0 Å². The Hall–Kier alpha value is -0.650. The number of hydrogen-bond donors (Lipinski definition) is 3. The predicted molar refractivity (Wildman–Crippen MR) is 61.2 cm³/mol. The minimum Gasteiger partial charge on any atom is -0.388 e. The van der Waals surface area contributed by atoms with Gasteiger partial charge in [0.25, 0.3) is 0 Å². The Morgan fingerprint density at radius 2 is 2.12 bits per heavy atom. The number of hydrogen-bond acceptors (Lipinski definition) is 4. The van der Waals surface area contributed by atoms with E-state index in [1.54, 1.807) is 7.05 Å². The van der Waals surface area contributed by atoms with E-state index in [1.807, 2.05) is 0 Å². The van der Waals surface area contributed by atoms with E-state index < -0.39 is 5.60 Å². The summed E-state index contributed by atoms with van der Waals surface area (Å²) >= 11 is 0. The van der Waals surface area contributed by atoms with Gasteiger partial charge in [-0.1, -0.05) is 0 Å². The van der Waals surface area contributed by atoms with Crippen molar-refractivity contribution in [1.82, 2.24) is 10.6 Å². The Bertz CT molecular complexity index is 215. The van der Waals surface area contributed by atoms with E-state index in [1.165, 1.54) is 0 Å². The van der Waals surface area contributed by atoms with Gasteiger partial charge < -0.3 is 20.5 Å². The number of ether oxygens (including phenoxy) is 1. The fraction of sp³-hybridized carbons (Fsp3) is 0.909. The third-order valence-corrected chi connectivity index (χ3v) is 2.91. The van der Waals surface area contributed by atoms with E-state index in [9.17, 15) is 9.90 Å². The molecule has 0 saturated carbocycles. The Kier molecular flexibility index (Phi) is 5.73. The molecule has 16 heavy (non-hydrogen) atoms. The maximum Gasteiger partial charge on any atom is 0.219 e. The maximum atomic E-state index is 10.9. The molecule has 0 bridgehead atoms. The lowest BCUT2D eigenvalue weighted by molar-refractivity contribution is -0.120. The zero-order valence-electron chi connectivity index (χ0n) is 9.92. The molecule has 1 aliphatic heterocycles. The first kappa shape index (κ1) is 13.4. The van der Waals surface area contributed by atoms with Crippen LogP contribution in [-0.2, 0) is 9.53 Å². The van der Waals surface area contributed by atoms with Crippen LogP contribution in [0.2, 0.25) is 0 Å². The molecule has 1 aliphatic rings. The van der Waals surface area contributed by atoms with Gasteiger partial charge in [0.1, 0.15) is 0 Å². The van der Waals surface area contributed by atoms with Crippen LogP contribution in [0.1, 0.15) is 25.7 Å². The summed E-state index contributed by atoms with van der Waals surface area (Å²) in [5, 5.41) is 15.9. The molecule has 0 aliphatic carbocycles. The molecule has 0 atom stereocenters. The van der Waals surface area contributed by atoms with Gasteiger partial charge in [-0.15, -0.1) is 0 Å². The molecule has 0 aromatic carbocycles. The lowest BCUT2D eigenvalue weighted by atomic mass is 9.94. The third kappa shape index (κ3) is 4.92. The summed E-state index contributed by atoms with van der Waals surface area (Å²) in [6.45, 7) is 2.62. The van der Waals surface area contributed by atoms with Crippen LogP contribution in [0.3, 0.4) is 0 Å². The number of amides is 1. The minimum absolute atomic E-state index is 0.0616. The molecule has 0 unspecified atom stereocenters. The van der Waals surface area contributed by atoms with Crippen molar-refractivity contribution in [2.45, 2.75) is 31.3 Å². The lowest BCUT2D eigenvalue weighted by Gasteiger charge is -2.32. The first-order valence-electron chi connectivity index (χ1n) is 5.88. The average Bonchev–Trinajstić information content (AvgIpc) is 2.29. The fourth-order valence-corrected chi connectivity index (χ4v) is 1.75. The van der Waals surface area contributed by atoms with Crippen molar-refractivity contribution in [2.24, 2.45) is 0 Å². The molecule has 0 spiro atoms. The zero-order valence-corrected chi connectivity index (χ0v) is 9.92. The van der Waals surface area contributed by atoms with Gasteiger partial charge in [-0.2, -0.15) is 0 Å². The summed E-state index contributed by atoms with van der Waals surface area (Å²) in [4.78, 5) is 10.9. The average molecular weight is 230 g/mol. The van der Waals surface area contributed by atoms with Crippen LogP contribution in [0.4, 0.5) is 0 Å². The second-order valence-electron chi connectivity index (χ2n) is 4.29. The minimum atomic E-state index is -0.620. The highest BCUT2D eigenvalue weighted by Gasteiger charge is 2.28. The Balaban J connectivity index is 2.03. The van der Waals surface area contributed by atoms with Crippen LogP contribution in [0.25, 0.3) is 0 Å². The molecule has 1 fully saturated rings. The van der Waals surface area contributed by atoms with E-state index in [4.69, 9.17) is 4.74 Å². The lowest BCUT2D eigenvalue weighted by Crippen LogP contribution is -2.45. The van der Waals surface area contributed by atoms with Gasteiger partial charge in [-0.05, 0) is 13.0 Å². The summed E-state index contributed by atoms with van der Waals surface area (Å²) in [7, 11) is 1.64. The smallest absolute Gasteiger partial charge is 0.219 e. The first-order chi connectivity index (χ1) is 7.66. The van der Waals surface area contributed by atoms with Crippen molar-refractivity contribution >= 4 is 5.91 Å². The van der Waals surface area contributed by atoms with E-state index >= 15 is 0 Å². The molecule has 0 aromatic heterocycles. The number of rotatable bonds is 6. The Labute approximate surface area is 96.6 Å². The summed E-state index contributed by atoms with van der Waals surface area (Å²) in [5.74, 6) is 0.0616. The standard InChI is InChI=1S/C11H22N2O3/c1-12-10(14)3-2-6-13-9-11(15)4-7-16-8-5-11/h13,15H,2-9H2,1H3,(H,12,14). The second kappa shape index (κ2) is 6.83. The van der Waals surface area contributed by atoms with Crippen LogP contribution in [0.15, 0.2) is 0 Å². The van der Waals surface area contributed by atoms with Crippen LogP contribution >= 0.6 is 0 Å². The van der Waals surface area contributed by atoms with Crippen molar-refractivity contribution < 1.29 is 14.6 Å². The first-order valence-corrected chi connectivity index (χ1v) is 5.88.